The minimum Gasteiger partial charge on any atom is -0.489 e. The zero-order valence-electron chi connectivity index (χ0n) is 11.2. The molecular weight excluding hydrogens is 266 g/mol. The number of para-hydroxylation sites is 1. The van der Waals surface area contributed by atoms with Gasteiger partial charge in [-0.2, -0.15) is 0 Å². The van der Waals surface area contributed by atoms with Crippen LogP contribution in [0, 0.1) is 0 Å². The summed E-state index contributed by atoms with van der Waals surface area (Å²) in [4.78, 5) is 15.2. The first-order valence-electron chi connectivity index (χ1n) is 6.53. The van der Waals surface area contributed by atoms with Gasteiger partial charge in [0.05, 0.1) is 11.1 Å². The number of fused-ring (bicyclic) bond motifs is 1. The second-order valence-corrected chi connectivity index (χ2v) is 4.61. The number of hydrogen-bond acceptors (Lipinski definition) is 3. The molecule has 3 rings (SSSR count). The fourth-order valence-electron chi connectivity index (χ4n) is 2.14. The van der Waals surface area contributed by atoms with Crippen molar-refractivity contribution >= 4 is 16.9 Å². The molecule has 0 saturated carbocycles. The van der Waals surface area contributed by atoms with Crippen LogP contribution in [-0.2, 0) is 6.61 Å². The van der Waals surface area contributed by atoms with Gasteiger partial charge in [0.2, 0.25) is 0 Å². The molecule has 1 heterocycles. The summed E-state index contributed by atoms with van der Waals surface area (Å²) in [5, 5.41) is 9.92. The van der Waals surface area contributed by atoms with Gasteiger partial charge >= 0.3 is 5.97 Å². The normalized spacial score (nSPS) is 10.5. The van der Waals surface area contributed by atoms with E-state index in [0.717, 1.165) is 16.5 Å². The molecule has 0 saturated heterocycles. The Bertz CT molecular complexity index is 776. The molecule has 0 amide bonds. The monoisotopic (exact) mass is 279 g/mol. The molecule has 0 fully saturated rings. The first-order chi connectivity index (χ1) is 10.2. The summed E-state index contributed by atoms with van der Waals surface area (Å²) in [6.07, 6.45) is 1.76. The highest BCUT2D eigenvalue weighted by atomic mass is 16.5. The highest BCUT2D eigenvalue weighted by Gasteiger charge is 2.04. The zero-order valence-corrected chi connectivity index (χ0v) is 11.2. The van der Waals surface area contributed by atoms with Gasteiger partial charge in [-0.1, -0.05) is 24.3 Å². The van der Waals surface area contributed by atoms with Crippen LogP contribution in [0.2, 0.25) is 0 Å². The molecule has 21 heavy (non-hydrogen) atoms. The third kappa shape index (κ3) is 2.84. The number of rotatable bonds is 4. The quantitative estimate of drug-likeness (QED) is 0.794. The maximum absolute atomic E-state index is 10.8. The van der Waals surface area contributed by atoms with E-state index < -0.39 is 5.97 Å². The Morgan fingerprint density at radius 3 is 2.57 bits per heavy atom. The van der Waals surface area contributed by atoms with E-state index in [1.54, 1.807) is 18.3 Å². The third-order valence-electron chi connectivity index (χ3n) is 3.21. The molecule has 1 aromatic heterocycles. The molecule has 0 aliphatic carbocycles. The Morgan fingerprint density at radius 1 is 1.05 bits per heavy atom. The number of carboxylic acids is 1. The van der Waals surface area contributed by atoms with E-state index in [2.05, 4.69) is 4.98 Å². The number of carboxylic acid groups (broad SMARTS) is 1. The highest BCUT2D eigenvalue weighted by Crippen LogP contribution is 2.19. The molecular formula is C17H13NO3. The molecule has 2 aromatic carbocycles. The van der Waals surface area contributed by atoms with Crippen LogP contribution in [0.25, 0.3) is 10.9 Å². The number of hydrogen-bond donors (Lipinski definition) is 1. The predicted octanol–water partition coefficient (Wildman–Crippen LogP) is 3.51. The highest BCUT2D eigenvalue weighted by molar-refractivity contribution is 5.87. The summed E-state index contributed by atoms with van der Waals surface area (Å²) in [5.41, 5.74) is 2.16. The molecule has 0 unspecified atom stereocenters. The van der Waals surface area contributed by atoms with Gasteiger partial charge in [-0.3, -0.25) is 4.98 Å². The molecule has 4 heteroatoms. The SMILES string of the molecule is O=C(O)c1ccc(OCc2cccc3cccnc23)cc1. The Morgan fingerprint density at radius 2 is 1.81 bits per heavy atom. The second-order valence-electron chi connectivity index (χ2n) is 4.61. The van der Waals surface area contributed by atoms with Crippen molar-refractivity contribution in [2.45, 2.75) is 6.61 Å². The van der Waals surface area contributed by atoms with Crippen LogP contribution in [0.3, 0.4) is 0 Å². The Labute approximate surface area is 121 Å². The molecule has 0 atom stereocenters. The largest absolute Gasteiger partial charge is 0.489 e. The molecule has 0 spiro atoms. The Hall–Kier alpha value is -2.88. The van der Waals surface area contributed by atoms with E-state index in [9.17, 15) is 4.79 Å². The van der Waals surface area contributed by atoms with Crippen molar-refractivity contribution < 1.29 is 14.6 Å². The van der Waals surface area contributed by atoms with E-state index in [0.29, 0.717) is 12.4 Å². The number of aromatic carboxylic acids is 1. The standard InChI is InChI=1S/C17H13NO3/c19-17(20)13-6-8-15(9-7-13)21-11-14-4-1-3-12-5-2-10-18-16(12)14/h1-10H,11H2,(H,19,20). The van der Waals surface area contributed by atoms with Crippen LogP contribution in [0.15, 0.2) is 60.8 Å². The lowest BCUT2D eigenvalue weighted by Gasteiger charge is -2.08. The van der Waals surface area contributed by atoms with Gasteiger partial charge in [-0.25, -0.2) is 4.79 Å². The van der Waals surface area contributed by atoms with Crippen molar-refractivity contribution in [3.05, 3.63) is 71.9 Å². The molecule has 0 aliphatic rings. The fraction of sp³-hybridized carbons (Fsp3) is 0.0588. The molecule has 104 valence electrons. The van der Waals surface area contributed by atoms with Crippen molar-refractivity contribution in [3.63, 3.8) is 0 Å². The minimum absolute atomic E-state index is 0.245. The summed E-state index contributed by atoms with van der Waals surface area (Å²) in [5.74, 6) is -0.312. The number of pyridine rings is 1. The van der Waals surface area contributed by atoms with Gasteiger partial charge in [0.1, 0.15) is 12.4 Å². The van der Waals surface area contributed by atoms with Gasteiger partial charge < -0.3 is 9.84 Å². The summed E-state index contributed by atoms with van der Waals surface area (Å²) in [6, 6.07) is 16.2. The van der Waals surface area contributed by atoms with Gasteiger partial charge in [-0.05, 0) is 30.3 Å². The third-order valence-corrected chi connectivity index (χ3v) is 3.21. The van der Waals surface area contributed by atoms with E-state index in [4.69, 9.17) is 9.84 Å². The maximum Gasteiger partial charge on any atom is 0.335 e. The average Bonchev–Trinajstić information content (AvgIpc) is 2.53. The number of nitrogens with zero attached hydrogens (tertiary/aromatic N) is 1. The fourth-order valence-corrected chi connectivity index (χ4v) is 2.14. The molecule has 0 aliphatic heterocycles. The molecule has 3 aromatic rings. The first kappa shape index (κ1) is 13.1. The van der Waals surface area contributed by atoms with Crippen LogP contribution >= 0.6 is 0 Å². The number of ether oxygens (including phenoxy) is 1. The van der Waals surface area contributed by atoms with Crippen molar-refractivity contribution in [2.24, 2.45) is 0 Å². The summed E-state index contributed by atoms with van der Waals surface area (Å²) in [6.45, 7) is 0.390. The predicted molar refractivity (Wildman–Crippen MR) is 79.5 cm³/mol. The van der Waals surface area contributed by atoms with Crippen LogP contribution in [0.4, 0.5) is 0 Å². The lowest BCUT2D eigenvalue weighted by molar-refractivity contribution is 0.0697. The van der Waals surface area contributed by atoms with Crippen molar-refractivity contribution in [3.8, 4) is 5.75 Å². The van der Waals surface area contributed by atoms with E-state index in [1.807, 2.05) is 30.3 Å². The number of carbonyl (C=O) groups is 1. The molecule has 4 nitrogen and oxygen atoms in total. The molecule has 0 bridgehead atoms. The van der Waals surface area contributed by atoms with Gasteiger partial charge in [0, 0.05) is 17.1 Å². The average molecular weight is 279 g/mol. The van der Waals surface area contributed by atoms with Crippen molar-refractivity contribution in [1.29, 1.82) is 0 Å². The summed E-state index contributed by atoms with van der Waals surface area (Å²) >= 11 is 0. The number of benzene rings is 2. The Kier molecular flexibility index (Phi) is 3.51. The zero-order chi connectivity index (χ0) is 14.7. The first-order valence-corrected chi connectivity index (χ1v) is 6.53. The topological polar surface area (TPSA) is 59.4 Å². The minimum atomic E-state index is -0.945. The van der Waals surface area contributed by atoms with Crippen LogP contribution in [-0.4, -0.2) is 16.1 Å². The van der Waals surface area contributed by atoms with Gasteiger partial charge in [0.15, 0.2) is 0 Å². The number of aromatic nitrogens is 1. The summed E-state index contributed by atoms with van der Waals surface area (Å²) < 4.78 is 5.70. The summed E-state index contributed by atoms with van der Waals surface area (Å²) in [7, 11) is 0. The van der Waals surface area contributed by atoms with Crippen LogP contribution < -0.4 is 4.74 Å². The van der Waals surface area contributed by atoms with Gasteiger partial charge in [0.25, 0.3) is 0 Å². The van der Waals surface area contributed by atoms with Crippen molar-refractivity contribution in [2.75, 3.05) is 0 Å². The lowest BCUT2D eigenvalue weighted by Crippen LogP contribution is -1.99. The Balaban J connectivity index is 1.79. The maximum atomic E-state index is 10.8. The van der Waals surface area contributed by atoms with Crippen LogP contribution in [0.5, 0.6) is 5.75 Å². The smallest absolute Gasteiger partial charge is 0.335 e. The molecule has 1 N–H and O–H groups in total. The van der Waals surface area contributed by atoms with E-state index in [-0.39, 0.29) is 5.56 Å². The molecule has 0 radical (unpaired) electrons. The second kappa shape index (κ2) is 5.63. The van der Waals surface area contributed by atoms with Gasteiger partial charge in [-0.15, -0.1) is 0 Å². The lowest BCUT2D eigenvalue weighted by atomic mass is 10.1. The van der Waals surface area contributed by atoms with E-state index >= 15 is 0 Å². The van der Waals surface area contributed by atoms with E-state index in [1.165, 1.54) is 12.1 Å². The van der Waals surface area contributed by atoms with Crippen LogP contribution in [0.1, 0.15) is 15.9 Å². The van der Waals surface area contributed by atoms with Crippen molar-refractivity contribution in [1.82, 2.24) is 4.98 Å².